The van der Waals surface area contributed by atoms with Gasteiger partial charge in [0.15, 0.2) is 0 Å². The molecule has 0 aromatic carbocycles. The molecule has 0 bridgehead atoms. The monoisotopic (exact) mass is 212 g/mol. The van der Waals surface area contributed by atoms with Gasteiger partial charge in [0.1, 0.15) is 0 Å². The molecule has 0 saturated carbocycles. The lowest BCUT2D eigenvalue weighted by Gasteiger charge is -2.26. The molecule has 2 N–H and O–H groups in total. The summed E-state index contributed by atoms with van der Waals surface area (Å²) in [7, 11) is 0. The van der Waals surface area contributed by atoms with Gasteiger partial charge in [0, 0.05) is 13.2 Å². The average Bonchev–Trinajstić information content (AvgIpc) is 2.32. The Morgan fingerprint density at radius 3 is 2.60 bits per heavy atom. The maximum Gasteiger partial charge on any atom is 0.0506 e. The van der Waals surface area contributed by atoms with E-state index in [1.54, 1.807) is 0 Å². The zero-order valence-electron chi connectivity index (χ0n) is 9.63. The van der Waals surface area contributed by atoms with E-state index < -0.39 is 0 Å². The minimum Gasteiger partial charge on any atom is -0.381 e. The van der Waals surface area contributed by atoms with Gasteiger partial charge in [-0.25, -0.2) is 0 Å². The summed E-state index contributed by atoms with van der Waals surface area (Å²) in [5, 5.41) is 7.02. The Kier molecular flexibility index (Phi) is 4.90. The normalized spacial score (nSPS) is 29.2. The quantitative estimate of drug-likeness (QED) is 0.729. The standard InChI is InChI=1S/C12H24N2O/c1-2-12(10-15-7-1)9-14-8-11-3-5-13-6-4-11/h11-14H,1-10H2. The number of nitrogens with one attached hydrogen (secondary N) is 2. The molecule has 0 spiro atoms. The number of piperidine rings is 1. The van der Waals surface area contributed by atoms with E-state index in [-0.39, 0.29) is 0 Å². The van der Waals surface area contributed by atoms with Crippen LogP contribution in [0, 0.1) is 11.8 Å². The van der Waals surface area contributed by atoms with Crippen LogP contribution in [0.1, 0.15) is 25.7 Å². The van der Waals surface area contributed by atoms with E-state index in [0.717, 1.165) is 31.6 Å². The van der Waals surface area contributed by atoms with Crippen LogP contribution in [0.3, 0.4) is 0 Å². The molecule has 2 saturated heterocycles. The van der Waals surface area contributed by atoms with Crippen molar-refractivity contribution >= 4 is 0 Å². The van der Waals surface area contributed by atoms with Crippen LogP contribution in [-0.4, -0.2) is 39.4 Å². The number of rotatable bonds is 4. The first-order valence-corrected chi connectivity index (χ1v) is 6.44. The first-order valence-electron chi connectivity index (χ1n) is 6.44. The molecule has 3 heteroatoms. The Balaban J connectivity index is 1.53. The first-order chi connectivity index (χ1) is 7.45. The van der Waals surface area contributed by atoms with Crippen LogP contribution in [0.25, 0.3) is 0 Å². The molecule has 2 heterocycles. The fourth-order valence-corrected chi connectivity index (χ4v) is 2.55. The van der Waals surface area contributed by atoms with E-state index in [1.807, 2.05) is 0 Å². The molecule has 1 atom stereocenters. The lowest BCUT2D eigenvalue weighted by molar-refractivity contribution is 0.0544. The number of hydrogen-bond donors (Lipinski definition) is 2. The van der Waals surface area contributed by atoms with Crippen molar-refractivity contribution < 1.29 is 4.74 Å². The fourth-order valence-electron chi connectivity index (χ4n) is 2.55. The minimum atomic E-state index is 0.764. The van der Waals surface area contributed by atoms with E-state index in [4.69, 9.17) is 4.74 Å². The third-order valence-corrected chi connectivity index (χ3v) is 3.58. The van der Waals surface area contributed by atoms with Gasteiger partial charge in [-0.2, -0.15) is 0 Å². The topological polar surface area (TPSA) is 33.3 Å². The summed E-state index contributed by atoms with van der Waals surface area (Å²) in [5.74, 6) is 1.66. The average molecular weight is 212 g/mol. The van der Waals surface area contributed by atoms with Crippen molar-refractivity contribution in [1.82, 2.24) is 10.6 Å². The summed E-state index contributed by atoms with van der Waals surface area (Å²) in [6.45, 7) is 6.73. The predicted octanol–water partition coefficient (Wildman–Crippen LogP) is 1.00. The summed E-state index contributed by atoms with van der Waals surface area (Å²) in [4.78, 5) is 0. The molecular weight excluding hydrogens is 188 g/mol. The van der Waals surface area contributed by atoms with E-state index in [2.05, 4.69) is 10.6 Å². The van der Waals surface area contributed by atoms with Crippen molar-refractivity contribution in [2.45, 2.75) is 25.7 Å². The smallest absolute Gasteiger partial charge is 0.0506 e. The van der Waals surface area contributed by atoms with Crippen LogP contribution in [0.4, 0.5) is 0 Å². The second-order valence-electron chi connectivity index (χ2n) is 4.93. The van der Waals surface area contributed by atoms with Crippen LogP contribution in [-0.2, 0) is 4.74 Å². The highest BCUT2D eigenvalue weighted by atomic mass is 16.5. The molecule has 2 aliphatic heterocycles. The Morgan fingerprint density at radius 1 is 1.07 bits per heavy atom. The molecule has 0 radical (unpaired) electrons. The Bertz CT molecular complexity index is 145. The maximum absolute atomic E-state index is 5.47. The van der Waals surface area contributed by atoms with E-state index in [9.17, 15) is 0 Å². The van der Waals surface area contributed by atoms with Gasteiger partial charge in [-0.3, -0.25) is 0 Å². The highest BCUT2D eigenvalue weighted by Gasteiger charge is 2.15. The third-order valence-electron chi connectivity index (χ3n) is 3.58. The van der Waals surface area contributed by atoms with Crippen molar-refractivity contribution in [2.24, 2.45) is 11.8 Å². The zero-order chi connectivity index (χ0) is 10.3. The lowest BCUT2D eigenvalue weighted by Crippen LogP contribution is -2.36. The van der Waals surface area contributed by atoms with Gasteiger partial charge >= 0.3 is 0 Å². The van der Waals surface area contributed by atoms with Crippen LogP contribution < -0.4 is 10.6 Å². The van der Waals surface area contributed by atoms with Gasteiger partial charge in [0.2, 0.25) is 0 Å². The molecule has 88 valence electrons. The second kappa shape index (κ2) is 6.46. The Morgan fingerprint density at radius 2 is 1.87 bits per heavy atom. The summed E-state index contributed by atoms with van der Waals surface area (Å²) in [5.41, 5.74) is 0. The van der Waals surface area contributed by atoms with Crippen LogP contribution in [0.15, 0.2) is 0 Å². The predicted molar refractivity (Wildman–Crippen MR) is 62.0 cm³/mol. The SMILES string of the molecule is C1COCC(CNCC2CCNCC2)C1. The molecule has 1 unspecified atom stereocenters. The van der Waals surface area contributed by atoms with Crippen LogP contribution >= 0.6 is 0 Å². The maximum atomic E-state index is 5.47. The highest BCUT2D eigenvalue weighted by molar-refractivity contribution is 4.72. The van der Waals surface area contributed by atoms with Crippen LogP contribution in [0.5, 0.6) is 0 Å². The lowest BCUT2D eigenvalue weighted by atomic mass is 9.97. The number of ether oxygens (including phenoxy) is 1. The molecule has 2 rings (SSSR count). The van der Waals surface area contributed by atoms with E-state index in [0.29, 0.717) is 0 Å². The van der Waals surface area contributed by atoms with Gasteiger partial charge in [-0.15, -0.1) is 0 Å². The Hall–Kier alpha value is -0.120. The van der Waals surface area contributed by atoms with Gasteiger partial charge in [-0.05, 0) is 57.2 Å². The molecule has 3 nitrogen and oxygen atoms in total. The van der Waals surface area contributed by atoms with Crippen molar-refractivity contribution in [1.29, 1.82) is 0 Å². The fraction of sp³-hybridized carbons (Fsp3) is 1.00. The van der Waals surface area contributed by atoms with Crippen LogP contribution in [0.2, 0.25) is 0 Å². The van der Waals surface area contributed by atoms with Gasteiger partial charge in [0.25, 0.3) is 0 Å². The molecule has 2 fully saturated rings. The number of hydrogen-bond acceptors (Lipinski definition) is 3. The summed E-state index contributed by atoms with van der Waals surface area (Å²) in [6.07, 6.45) is 5.28. The molecule has 0 amide bonds. The van der Waals surface area contributed by atoms with Gasteiger partial charge < -0.3 is 15.4 Å². The Labute approximate surface area is 93.0 Å². The molecular formula is C12H24N2O. The summed E-state index contributed by atoms with van der Waals surface area (Å²) >= 11 is 0. The van der Waals surface area contributed by atoms with Gasteiger partial charge in [-0.1, -0.05) is 0 Å². The van der Waals surface area contributed by atoms with Crippen molar-refractivity contribution in [3.05, 3.63) is 0 Å². The van der Waals surface area contributed by atoms with Crippen molar-refractivity contribution in [3.8, 4) is 0 Å². The van der Waals surface area contributed by atoms with Crippen molar-refractivity contribution in [3.63, 3.8) is 0 Å². The highest BCUT2D eigenvalue weighted by Crippen LogP contribution is 2.13. The van der Waals surface area contributed by atoms with E-state index >= 15 is 0 Å². The minimum absolute atomic E-state index is 0.764. The molecule has 0 aromatic heterocycles. The summed E-state index contributed by atoms with van der Waals surface area (Å²) in [6, 6.07) is 0. The zero-order valence-corrected chi connectivity index (χ0v) is 9.63. The molecule has 0 aromatic rings. The molecule has 2 aliphatic rings. The second-order valence-corrected chi connectivity index (χ2v) is 4.93. The largest absolute Gasteiger partial charge is 0.381 e. The van der Waals surface area contributed by atoms with Gasteiger partial charge in [0.05, 0.1) is 6.61 Å². The first kappa shape index (κ1) is 11.4. The molecule has 0 aliphatic carbocycles. The van der Waals surface area contributed by atoms with Crippen molar-refractivity contribution in [2.75, 3.05) is 39.4 Å². The summed E-state index contributed by atoms with van der Waals surface area (Å²) < 4.78 is 5.47. The van der Waals surface area contributed by atoms with E-state index in [1.165, 1.54) is 45.3 Å². The third kappa shape index (κ3) is 4.09. The molecule has 15 heavy (non-hydrogen) atoms.